The van der Waals surface area contributed by atoms with E-state index in [1.807, 2.05) is 6.92 Å². The minimum atomic E-state index is -0.703. The molecule has 0 N–H and O–H groups in total. The molecule has 0 bridgehead atoms. The Kier molecular flexibility index (Phi) is 6.42. The first-order valence-corrected chi connectivity index (χ1v) is 9.17. The third kappa shape index (κ3) is 4.81. The predicted molar refractivity (Wildman–Crippen MR) is 107 cm³/mol. The van der Waals surface area contributed by atoms with Gasteiger partial charge in [-0.2, -0.15) is 14.5 Å². The van der Waals surface area contributed by atoms with Crippen LogP contribution in [0, 0.1) is 10.1 Å². The van der Waals surface area contributed by atoms with E-state index in [4.69, 9.17) is 20.8 Å². The fraction of sp³-hybridized carbons (Fsp3) is 0.222. The largest absolute Gasteiger partial charge is 0.464 e. The molecule has 3 aromatic rings. The predicted octanol–water partition coefficient (Wildman–Crippen LogP) is 2.70. The van der Waals surface area contributed by atoms with E-state index in [0.29, 0.717) is 17.0 Å². The summed E-state index contributed by atoms with van der Waals surface area (Å²) < 4.78 is 11.9. The Balaban J connectivity index is 1.98. The van der Waals surface area contributed by atoms with E-state index < -0.39 is 29.0 Å². The van der Waals surface area contributed by atoms with E-state index in [1.54, 1.807) is 24.3 Å². The van der Waals surface area contributed by atoms with Gasteiger partial charge in [0.2, 0.25) is 0 Å². The average molecular weight is 434 g/mol. The number of halogens is 1. The molecule has 156 valence electrons. The third-order valence-corrected chi connectivity index (χ3v) is 4.01. The number of benzene rings is 1. The van der Waals surface area contributed by atoms with Gasteiger partial charge in [0.15, 0.2) is 11.6 Å². The third-order valence-electron chi connectivity index (χ3n) is 3.76. The molecule has 0 aliphatic heterocycles. The molecule has 12 heteroatoms. The van der Waals surface area contributed by atoms with Crippen LogP contribution in [0.15, 0.2) is 50.7 Å². The van der Waals surface area contributed by atoms with Crippen molar-refractivity contribution in [2.45, 2.75) is 19.9 Å². The molecule has 3 rings (SSSR count). The molecule has 0 saturated carbocycles. The lowest BCUT2D eigenvalue weighted by Crippen LogP contribution is -2.27. The summed E-state index contributed by atoms with van der Waals surface area (Å²) in [7, 11) is 0. The highest BCUT2D eigenvalue weighted by Crippen LogP contribution is 2.19. The first-order chi connectivity index (χ1) is 14.4. The van der Waals surface area contributed by atoms with Crippen molar-refractivity contribution >= 4 is 29.7 Å². The summed E-state index contributed by atoms with van der Waals surface area (Å²) in [4.78, 5) is 34.7. The van der Waals surface area contributed by atoms with Crippen LogP contribution in [0.1, 0.15) is 19.1 Å². The maximum atomic E-state index is 12.8. The number of hydrogen-bond donors (Lipinski definition) is 0. The van der Waals surface area contributed by atoms with Gasteiger partial charge < -0.3 is 9.15 Å². The van der Waals surface area contributed by atoms with Gasteiger partial charge >= 0.3 is 17.5 Å². The highest BCUT2D eigenvalue weighted by atomic mass is 35.5. The zero-order valence-electron chi connectivity index (χ0n) is 15.7. The molecule has 0 atom stereocenters. The molecule has 2 heterocycles. The lowest BCUT2D eigenvalue weighted by atomic mass is 10.2. The molecule has 0 fully saturated rings. The van der Waals surface area contributed by atoms with Crippen LogP contribution in [0.3, 0.4) is 0 Å². The molecule has 0 spiro atoms. The lowest BCUT2D eigenvalue weighted by molar-refractivity contribution is -0.402. The number of carbonyl (C=O) groups is 1. The van der Waals surface area contributed by atoms with Gasteiger partial charge in [-0.3, -0.25) is 14.9 Å². The Bertz CT molecular complexity index is 1140. The van der Waals surface area contributed by atoms with Crippen LogP contribution in [0.25, 0.3) is 11.4 Å². The monoisotopic (exact) mass is 433 g/mol. The quantitative estimate of drug-likeness (QED) is 0.230. The molecule has 0 radical (unpaired) electrons. The summed E-state index contributed by atoms with van der Waals surface area (Å²) in [5.41, 5.74) is -0.189. The van der Waals surface area contributed by atoms with Gasteiger partial charge in [0, 0.05) is 10.6 Å². The van der Waals surface area contributed by atoms with Crippen LogP contribution >= 0.6 is 11.6 Å². The van der Waals surface area contributed by atoms with Gasteiger partial charge in [0.1, 0.15) is 11.5 Å². The number of ether oxygens (including phenoxy) is 1. The Hall–Kier alpha value is -3.73. The maximum Gasteiger partial charge on any atom is 0.433 e. The van der Waals surface area contributed by atoms with E-state index in [1.165, 1.54) is 6.07 Å². The van der Waals surface area contributed by atoms with Crippen molar-refractivity contribution in [1.29, 1.82) is 0 Å². The van der Waals surface area contributed by atoms with E-state index in [-0.39, 0.29) is 18.2 Å². The number of rotatable bonds is 8. The summed E-state index contributed by atoms with van der Waals surface area (Å²) in [5, 5.41) is 19.4. The first-order valence-electron chi connectivity index (χ1n) is 8.79. The van der Waals surface area contributed by atoms with Crippen molar-refractivity contribution < 1.29 is 18.9 Å². The van der Waals surface area contributed by atoms with E-state index >= 15 is 0 Å². The normalized spacial score (nSPS) is 11.1. The molecule has 1 aromatic carbocycles. The van der Waals surface area contributed by atoms with Gasteiger partial charge in [-0.05, 0) is 36.8 Å². The molecule has 0 aliphatic carbocycles. The van der Waals surface area contributed by atoms with Crippen molar-refractivity contribution in [1.82, 2.24) is 14.5 Å². The van der Waals surface area contributed by atoms with Gasteiger partial charge in [0.25, 0.3) is 0 Å². The number of aromatic nitrogens is 3. The number of nitro groups is 1. The van der Waals surface area contributed by atoms with Crippen molar-refractivity contribution in [3.05, 3.63) is 67.8 Å². The van der Waals surface area contributed by atoms with Crippen LogP contribution in [0.4, 0.5) is 5.88 Å². The number of carbonyl (C=O) groups excluding carboxylic acids is 1. The fourth-order valence-electron chi connectivity index (χ4n) is 2.39. The highest BCUT2D eigenvalue weighted by molar-refractivity contribution is 6.30. The molecule has 0 saturated heterocycles. The summed E-state index contributed by atoms with van der Waals surface area (Å²) in [6.07, 6.45) is 1.78. The van der Waals surface area contributed by atoms with Crippen molar-refractivity contribution in [2.75, 3.05) is 6.61 Å². The Morgan fingerprint density at radius 3 is 2.70 bits per heavy atom. The number of furan rings is 1. The molecular weight excluding hydrogens is 418 g/mol. The second kappa shape index (κ2) is 9.18. The number of esters is 1. The van der Waals surface area contributed by atoms with Crippen LogP contribution in [-0.4, -0.2) is 38.2 Å². The summed E-state index contributed by atoms with van der Waals surface area (Å²) in [5.74, 6) is -0.879. The SMILES string of the molecule is CCCOC(=O)Cn1nc(-c2ccc(Cl)cc2)n(/N=C/c2ccc([N+](=O)[O-])o2)c1=O. The molecular formula is C18H16ClN5O6. The minimum absolute atomic E-state index is 0.0609. The summed E-state index contributed by atoms with van der Waals surface area (Å²) in [6, 6.07) is 8.99. The first kappa shape index (κ1) is 21.0. The van der Waals surface area contributed by atoms with Crippen molar-refractivity contribution in [3.8, 4) is 11.4 Å². The Morgan fingerprint density at radius 2 is 2.07 bits per heavy atom. The highest BCUT2D eigenvalue weighted by Gasteiger charge is 2.18. The van der Waals surface area contributed by atoms with Crippen molar-refractivity contribution in [2.24, 2.45) is 5.10 Å². The van der Waals surface area contributed by atoms with E-state index in [9.17, 15) is 19.7 Å². The zero-order chi connectivity index (χ0) is 21.7. The van der Waals surface area contributed by atoms with Gasteiger partial charge in [-0.15, -0.1) is 5.10 Å². The van der Waals surface area contributed by atoms with Crippen LogP contribution in [-0.2, 0) is 16.1 Å². The van der Waals surface area contributed by atoms with Crippen LogP contribution in [0.2, 0.25) is 5.02 Å². The zero-order valence-corrected chi connectivity index (χ0v) is 16.5. The van der Waals surface area contributed by atoms with Crippen LogP contribution < -0.4 is 5.69 Å². The van der Waals surface area contributed by atoms with Crippen molar-refractivity contribution in [3.63, 3.8) is 0 Å². The number of hydrogen-bond acceptors (Lipinski definition) is 8. The standard InChI is InChI=1S/C18H16ClN5O6/c1-2-9-29-16(25)11-22-18(26)23(17(21-22)12-3-5-13(19)6-4-12)20-10-14-7-8-15(30-14)24(27)28/h3-8,10H,2,9,11H2,1H3/b20-10+. The smallest absolute Gasteiger partial charge is 0.433 e. The average Bonchev–Trinajstić information content (AvgIpc) is 3.31. The van der Waals surface area contributed by atoms with Gasteiger partial charge in [0.05, 0.1) is 18.9 Å². The summed E-state index contributed by atoms with van der Waals surface area (Å²) >= 11 is 5.91. The lowest BCUT2D eigenvalue weighted by Gasteiger charge is -2.01. The summed E-state index contributed by atoms with van der Waals surface area (Å²) in [6.45, 7) is 1.68. The minimum Gasteiger partial charge on any atom is -0.464 e. The second-order valence-electron chi connectivity index (χ2n) is 5.98. The Labute approximate surface area is 174 Å². The number of nitrogens with zero attached hydrogens (tertiary/aromatic N) is 5. The molecule has 30 heavy (non-hydrogen) atoms. The van der Waals surface area contributed by atoms with E-state index in [0.717, 1.165) is 21.6 Å². The second-order valence-corrected chi connectivity index (χ2v) is 6.42. The fourth-order valence-corrected chi connectivity index (χ4v) is 2.52. The Morgan fingerprint density at radius 1 is 1.33 bits per heavy atom. The topological polar surface area (TPSA) is 135 Å². The molecule has 0 amide bonds. The molecule has 2 aromatic heterocycles. The van der Waals surface area contributed by atoms with Gasteiger partial charge in [-0.1, -0.05) is 18.5 Å². The molecule has 0 unspecified atom stereocenters. The molecule has 0 aliphatic rings. The molecule has 11 nitrogen and oxygen atoms in total. The van der Waals surface area contributed by atoms with E-state index in [2.05, 4.69) is 10.2 Å². The maximum absolute atomic E-state index is 12.8. The van der Waals surface area contributed by atoms with Crippen LogP contribution in [0.5, 0.6) is 0 Å². The van der Waals surface area contributed by atoms with Gasteiger partial charge in [-0.25, -0.2) is 4.79 Å².